The van der Waals surface area contributed by atoms with Gasteiger partial charge in [0.2, 0.25) is 0 Å². The maximum absolute atomic E-state index is 10.7. The molecule has 3 atom stereocenters. The molecule has 0 aliphatic heterocycles. The molecule has 0 bridgehead atoms. The van der Waals surface area contributed by atoms with Crippen LogP contribution in [0.2, 0.25) is 0 Å². The van der Waals surface area contributed by atoms with Crippen molar-refractivity contribution in [3.05, 3.63) is 77.9 Å². The molecule has 1 N–H and O–H groups in total. The fourth-order valence-corrected chi connectivity index (χ4v) is 5.56. The highest BCUT2D eigenvalue weighted by molar-refractivity contribution is 5.43. The topological polar surface area (TPSA) is 29.5 Å². The number of unbranched alkanes of at least 4 members (excludes halogenated alkanes) is 3. The number of hydrogen-bond donors (Lipinski definition) is 1. The maximum Gasteiger partial charge on any atom is 0.123 e. The van der Waals surface area contributed by atoms with Crippen LogP contribution in [-0.4, -0.2) is 11.2 Å². The second-order valence-electron chi connectivity index (χ2n) is 10.9. The number of rotatable bonds is 12. The molecule has 2 aromatic carbocycles. The van der Waals surface area contributed by atoms with E-state index in [1.807, 2.05) is 12.1 Å². The molecule has 2 heteroatoms. The average Bonchev–Trinajstić information content (AvgIpc) is 3.02. The Morgan fingerprint density at radius 2 is 1.85 bits per heavy atom. The first kappa shape index (κ1) is 26.5. The Morgan fingerprint density at radius 3 is 2.59 bits per heavy atom. The Balaban J connectivity index is 1.92. The summed E-state index contributed by atoms with van der Waals surface area (Å²) in [7, 11) is 0. The quantitative estimate of drug-likeness (QED) is 0.194. The van der Waals surface area contributed by atoms with Gasteiger partial charge in [0.1, 0.15) is 12.4 Å². The van der Waals surface area contributed by atoms with Crippen LogP contribution in [0.4, 0.5) is 0 Å². The van der Waals surface area contributed by atoms with E-state index >= 15 is 0 Å². The number of hydrogen-bond acceptors (Lipinski definition) is 2. The van der Waals surface area contributed by atoms with Gasteiger partial charge in [0.15, 0.2) is 0 Å². The molecule has 2 nitrogen and oxygen atoms in total. The van der Waals surface area contributed by atoms with Gasteiger partial charge in [-0.05, 0) is 72.1 Å². The average molecular weight is 463 g/mol. The molecule has 2 aromatic rings. The molecule has 34 heavy (non-hydrogen) atoms. The van der Waals surface area contributed by atoms with Gasteiger partial charge in [0.25, 0.3) is 0 Å². The third kappa shape index (κ3) is 7.47. The minimum atomic E-state index is -0.239. The molecule has 186 valence electrons. The van der Waals surface area contributed by atoms with Crippen LogP contribution in [0.25, 0.3) is 0 Å². The van der Waals surface area contributed by atoms with Crippen molar-refractivity contribution >= 4 is 0 Å². The van der Waals surface area contributed by atoms with Crippen LogP contribution >= 0.6 is 0 Å². The van der Waals surface area contributed by atoms with Gasteiger partial charge < -0.3 is 9.84 Å². The van der Waals surface area contributed by atoms with Gasteiger partial charge >= 0.3 is 0 Å². The molecule has 0 amide bonds. The molecule has 1 fully saturated rings. The van der Waals surface area contributed by atoms with Gasteiger partial charge in [-0.15, -0.1) is 6.58 Å². The van der Waals surface area contributed by atoms with Gasteiger partial charge in [0.05, 0.1) is 6.10 Å². The second-order valence-corrected chi connectivity index (χ2v) is 10.9. The van der Waals surface area contributed by atoms with Crippen molar-refractivity contribution < 1.29 is 9.84 Å². The molecule has 0 unspecified atom stereocenters. The van der Waals surface area contributed by atoms with Gasteiger partial charge in [0, 0.05) is 0 Å². The summed E-state index contributed by atoms with van der Waals surface area (Å²) in [6.45, 7) is 11.6. The zero-order chi connectivity index (χ0) is 24.4. The van der Waals surface area contributed by atoms with Crippen LogP contribution in [0, 0.1) is 5.92 Å². The van der Waals surface area contributed by atoms with E-state index in [0.717, 1.165) is 37.9 Å². The molecule has 1 aliphatic rings. The summed E-state index contributed by atoms with van der Waals surface area (Å²) in [6.07, 6.45) is 13.1. The van der Waals surface area contributed by atoms with Gasteiger partial charge in [-0.2, -0.15) is 0 Å². The van der Waals surface area contributed by atoms with E-state index in [0.29, 0.717) is 18.4 Å². The van der Waals surface area contributed by atoms with Crippen molar-refractivity contribution in [3.8, 4) is 5.75 Å². The van der Waals surface area contributed by atoms with E-state index in [-0.39, 0.29) is 11.5 Å². The van der Waals surface area contributed by atoms with E-state index in [1.54, 1.807) is 0 Å². The number of aliphatic hydroxyl groups excluding tert-OH is 1. The SMILES string of the molecule is C=CC[C@@H]1CCC[C@@H](O)C[C@H]1c1ccc(C(C)(C)CCCCCC)cc1OCc1ccccc1. The monoisotopic (exact) mass is 462 g/mol. The third-order valence-electron chi connectivity index (χ3n) is 7.76. The molecule has 0 radical (unpaired) electrons. The summed E-state index contributed by atoms with van der Waals surface area (Å²) < 4.78 is 6.55. The van der Waals surface area contributed by atoms with Crippen LogP contribution in [-0.2, 0) is 12.0 Å². The highest BCUT2D eigenvalue weighted by atomic mass is 16.5. The van der Waals surface area contributed by atoms with Crippen molar-refractivity contribution in [1.82, 2.24) is 0 Å². The summed E-state index contributed by atoms with van der Waals surface area (Å²) in [5.74, 6) is 1.79. The molecular weight excluding hydrogens is 416 g/mol. The Hall–Kier alpha value is -2.06. The third-order valence-corrected chi connectivity index (χ3v) is 7.76. The highest BCUT2D eigenvalue weighted by Crippen LogP contribution is 2.44. The van der Waals surface area contributed by atoms with Crippen LogP contribution in [0.15, 0.2) is 61.2 Å². The fourth-order valence-electron chi connectivity index (χ4n) is 5.56. The summed E-state index contributed by atoms with van der Waals surface area (Å²) in [4.78, 5) is 0. The second kappa shape index (κ2) is 13.1. The maximum atomic E-state index is 10.7. The lowest BCUT2D eigenvalue weighted by atomic mass is 9.76. The zero-order valence-electron chi connectivity index (χ0n) is 21.8. The standard InChI is InChI=1S/C32H46O2/c1-5-7-8-12-21-32(3,4)27-19-20-29(30-23-28(33)18-13-17-26(30)14-6-2)31(22-27)34-24-25-15-10-9-11-16-25/h6,9-11,15-16,19-20,22,26,28,30,33H,2,5,7-8,12-14,17-18,21,23-24H2,1,3-4H3/t26-,28-,30-/m1/s1. The van der Waals surface area contributed by atoms with Gasteiger partial charge in [-0.25, -0.2) is 0 Å². The van der Waals surface area contributed by atoms with Crippen molar-refractivity contribution in [2.45, 2.75) is 109 Å². The molecule has 0 saturated heterocycles. The number of allylic oxidation sites excluding steroid dienone is 1. The van der Waals surface area contributed by atoms with Crippen LogP contribution in [0.5, 0.6) is 5.75 Å². The Morgan fingerprint density at radius 1 is 1.06 bits per heavy atom. The molecule has 1 saturated carbocycles. The minimum Gasteiger partial charge on any atom is -0.489 e. The number of benzene rings is 2. The predicted molar refractivity (Wildman–Crippen MR) is 145 cm³/mol. The normalized spacial score (nSPS) is 21.1. The molecule has 0 heterocycles. The Labute approximate surface area is 208 Å². The van der Waals surface area contributed by atoms with E-state index < -0.39 is 0 Å². The number of ether oxygens (including phenoxy) is 1. The lowest BCUT2D eigenvalue weighted by molar-refractivity contribution is 0.148. The fraction of sp³-hybridized carbons (Fsp3) is 0.562. The molecule has 0 aromatic heterocycles. The largest absolute Gasteiger partial charge is 0.489 e. The van der Waals surface area contributed by atoms with E-state index in [4.69, 9.17) is 4.74 Å². The lowest BCUT2D eigenvalue weighted by Crippen LogP contribution is -2.20. The van der Waals surface area contributed by atoms with Crippen molar-refractivity contribution in [2.24, 2.45) is 5.92 Å². The first-order valence-electron chi connectivity index (χ1n) is 13.5. The molecule has 3 rings (SSSR count). The summed E-state index contributed by atoms with van der Waals surface area (Å²) in [5.41, 5.74) is 3.90. The zero-order valence-corrected chi connectivity index (χ0v) is 21.8. The van der Waals surface area contributed by atoms with Crippen LogP contribution in [0.3, 0.4) is 0 Å². The van der Waals surface area contributed by atoms with Crippen molar-refractivity contribution in [3.63, 3.8) is 0 Å². The highest BCUT2D eigenvalue weighted by Gasteiger charge is 2.31. The lowest BCUT2D eigenvalue weighted by Gasteiger charge is -2.30. The molecule has 1 aliphatic carbocycles. The van der Waals surface area contributed by atoms with E-state index in [2.05, 4.69) is 69.8 Å². The smallest absolute Gasteiger partial charge is 0.123 e. The van der Waals surface area contributed by atoms with Crippen LogP contribution < -0.4 is 4.74 Å². The predicted octanol–water partition coefficient (Wildman–Crippen LogP) is 8.72. The Bertz CT molecular complexity index is 870. The van der Waals surface area contributed by atoms with Gasteiger partial charge in [-0.1, -0.05) is 101 Å². The minimum absolute atomic E-state index is 0.112. The van der Waals surface area contributed by atoms with Crippen molar-refractivity contribution in [1.29, 1.82) is 0 Å². The Kier molecular flexibility index (Phi) is 10.3. The van der Waals surface area contributed by atoms with Gasteiger partial charge in [-0.3, -0.25) is 0 Å². The van der Waals surface area contributed by atoms with Crippen LogP contribution in [0.1, 0.15) is 108 Å². The first-order valence-corrected chi connectivity index (χ1v) is 13.5. The summed E-state index contributed by atoms with van der Waals surface area (Å²) in [6, 6.07) is 17.4. The summed E-state index contributed by atoms with van der Waals surface area (Å²) >= 11 is 0. The molecular formula is C32H46O2. The molecule has 0 spiro atoms. The first-order chi connectivity index (χ1) is 16.4. The van der Waals surface area contributed by atoms with E-state index in [9.17, 15) is 5.11 Å². The van der Waals surface area contributed by atoms with Crippen molar-refractivity contribution in [2.75, 3.05) is 0 Å². The summed E-state index contributed by atoms with van der Waals surface area (Å²) in [5, 5.41) is 10.7. The number of aliphatic hydroxyl groups is 1. The van der Waals surface area contributed by atoms with E-state index in [1.165, 1.54) is 48.8 Å².